The predicted molar refractivity (Wildman–Crippen MR) is 128 cm³/mol. The van der Waals surface area contributed by atoms with Crippen LogP contribution in [0.4, 0.5) is 18.9 Å². The van der Waals surface area contributed by atoms with Gasteiger partial charge in [-0.25, -0.2) is 0 Å². The largest absolute Gasteiger partial charge is 0.418 e. The zero-order valence-corrected chi connectivity index (χ0v) is 19.6. The van der Waals surface area contributed by atoms with Gasteiger partial charge in [0.15, 0.2) is 5.11 Å². The highest BCUT2D eigenvalue weighted by molar-refractivity contribution is 7.80. The topological polar surface area (TPSA) is 66.0 Å². The molecular formula is C23H22ClF3N4O2S. The fraction of sp³-hybridized carbons (Fsp3) is 0.348. The molecule has 2 N–H and O–H groups in total. The first-order valence-corrected chi connectivity index (χ1v) is 11.4. The molecule has 0 aromatic heterocycles. The normalized spacial score (nSPS) is 17.2. The lowest BCUT2D eigenvalue weighted by Crippen LogP contribution is -2.48. The van der Waals surface area contributed by atoms with Crippen molar-refractivity contribution in [1.82, 2.24) is 10.2 Å². The van der Waals surface area contributed by atoms with Gasteiger partial charge in [0.25, 0.3) is 5.91 Å². The van der Waals surface area contributed by atoms with E-state index in [9.17, 15) is 18.0 Å². The van der Waals surface area contributed by atoms with Crippen LogP contribution in [0.1, 0.15) is 30.4 Å². The number of thiocarbonyl (C=S) groups is 1. The minimum Gasteiger partial charge on any atom is -0.388 e. The molecule has 11 heteroatoms. The second-order valence-corrected chi connectivity index (χ2v) is 9.08. The smallest absolute Gasteiger partial charge is 0.388 e. The first kappa shape index (κ1) is 24.3. The number of alkyl halides is 3. The van der Waals surface area contributed by atoms with E-state index in [1.807, 2.05) is 12.1 Å². The number of hydrogen-bond acceptors (Lipinski definition) is 4. The lowest BCUT2D eigenvalue weighted by atomic mass is 9.87. The van der Waals surface area contributed by atoms with E-state index in [0.29, 0.717) is 49.6 Å². The van der Waals surface area contributed by atoms with Crippen LogP contribution in [0.25, 0.3) is 0 Å². The van der Waals surface area contributed by atoms with Gasteiger partial charge in [0.1, 0.15) is 11.3 Å². The number of amides is 1. The Morgan fingerprint density at radius 3 is 2.50 bits per heavy atom. The van der Waals surface area contributed by atoms with Crippen LogP contribution >= 0.6 is 23.8 Å². The Balaban J connectivity index is 1.28. The molecule has 0 aliphatic carbocycles. The summed E-state index contributed by atoms with van der Waals surface area (Å²) in [5, 5.41) is 10.4. The Morgan fingerprint density at radius 2 is 1.82 bits per heavy atom. The number of carbonyl (C=O) groups excluding carboxylic acids is 1. The van der Waals surface area contributed by atoms with Gasteiger partial charge >= 0.3 is 6.18 Å². The molecule has 2 aromatic rings. The zero-order valence-electron chi connectivity index (χ0n) is 18.0. The number of piperidine rings is 1. The second kappa shape index (κ2) is 9.79. The molecule has 2 heterocycles. The first-order chi connectivity index (χ1) is 16.2. The highest BCUT2D eigenvalue weighted by atomic mass is 35.5. The first-order valence-electron chi connectivity index (χ1n) is 10.7. The number of nitrogens with zero attached hydrogens (tertiary/aromatic N) is 2. The van der Waals surface area contributed by atoms with Gasteiger partial charge in [-0.05, 0) is 42.0 Å². The average Bonchev–Trinajstić information content (AvgIpc) is 3.22. The fourth-order valence-electron chi connectivity index (χ4n) is 3.95. The van der Waals surface area contributed by atoms with Gasteiger partial charge in [0.2, 0.25) is 0 Å². The highest BCUT2D eigenvalue weighted by Gasteiger charge is 2.44. The van der Waals surface area contributed by atoms with Crippen molar-refractivity contribution in [3.63, 3.8) is 0 Å². The summed E-state index contributed by atoms with van der Waals surface area (Å²) in [6.07, 6.45) is -3.05. The maximum Gasteiger partial charge on any atom is 0.418 e. The number of halogens is 4. The number of rotatable bonds is 4. The number of carbonyl (C=O) groups is 1. The van der Waals surface area contributed by atoms with Crippen LogP contribution in [0.15, 0.2) is 53.7 Å². The van der Waals surface area contributed by atoms with Gasteiger partial charge in [0, 0.05) is 43.9 Å². The molecule has 180 valence electrons. The maximum absolute atomic E-state index is 13.2. The van der Waals surface area contributed by atoms with Crippen LogP contribution in [0.2, 0.25) is 5.02 Å². The van der Waals surface area contributed by atoms with Gasteiger partial charge in [0.05, 0.1) is 11.3 Å². The molecule has 6 nitrogen and oxygen atoms in total. The quantitative estimate of drug-likeness (QED) is 0.568. The molecule has 1 fully saturated rings. The van der Waals surface area contributed by atoms with E-state index < -0.39 is 17.3 Å². The number of nitrogens with one attached hydrogen (secondary N) is 2. The number of hydrogen-bond donors (Lipinski definition) is 2. The van der Waals surface area contributed by atoms with Crippen LogP contribution in [-0.2, 0) is 22.4 Å². The Hall–Kier alpha value is -2.85. The van der Waals surface area contributed by atoms with E-state index in [-0.39, 0.29) is 16.7 Å². The minimum atomic E-state index is -4.48. The summed E-state index contributed by atoms with van der Waals surface area (Å²) in [6.45, 7) is 1.28. The van der Waals surface area contributed by atoms with Crippen molar-refractivity contribution in [2.75, 3.05) is 18.4 Å². The molecule has 2 aliphatic rings. The molecule has 1 saturated heterocycles. The molecule has 4 rings (SSSR count). The van der Waals surface area contributed by atoms with Crippen molar-refractivity contribution in [3.8, 4) is 0 Å². The summed E-state index contributed by atoms with van der Waals surface area (Å²) < 4.78 is 39.7. The molecule has 0 unspecified atom stereocenters. The SMILES string of the molecule is O=C(NCc1ccc(Cl)cc1)C1=NOC2(CCN(C(=S)Nc3ccccc3C(F)(F)F)CC2)C1. The molecular weight excluding hydrogens is 489 g/mol. The molecule has 0 radical (unpaired) electrons. The lowest BCUT2D eigenvalue weighted by molar-refractivity contribution is -0.136. The summed E-state index contributed by atoms with van der Waals surface area (Å²) in [5.41, 5.74) is -0.230. The van der Waals surface area contributed by atoms with Crippen molar-refractivity contribution in [2.45, 2.75) is 37.6 Å². The van der Waals surface area contributed by atoms with Crippen molar-refractivity contribution in [3.05, 3.63) is 64.7 Å². The van der Waals surface area contributed by atoms with Crippen molar-refractivity contribution in [1.29, 1.82) is 0 Å². The van der Waals surface area contributed by atoms with Gasteiger partial charge in [-0.15, -0.1) is 0 Å². The standard InChI is InChI=1S/C23H22ClF3N4O2S/c24-16-7-5-15(6-8-16)14-28-20(32)19-13-22(33-30-19)9-11-31(12-10-22)21(34)29-18-4-2-1-3-17(18)23(25,26)27/h1-8H,9-14H2,(H,28,32)(H,29,34). The van der Waals surface area contributed by atoms with Crippen LogP contribution in [0.5, 0.6) is 0 Å². The van der Waals surface area contributed by atoms with Gasteiger partial charge in [-0.3, -0.25) is 4.79 Å². The third kappa shape index (κ3) is 5.61. The Labute approximate surface area is 205 Å². The van der Waals surface area contributed by atoms with Crippen LogP contribution in [-0.4, -0.2) is 40.3 Å². The second-order valence-electron chi connectivity index (χ2n) is 8.26. The Kier molecular flexibility index (Phi) is 6.99. The van der Waals surface area contributed by atoms with Crippen molar-refractivity contribution < 1.29 is 22.8 Å². The molecule has 2 aliphatic heterocycles. The number of likely N-dealkylation sites (tertiary alicyclic amines) is 1. The summed E-state index contributed by atoms with van der Waals surface area (Å²) >= 11 is 11.2. The van der Waals surface area contributed by atoms with E-state index in [2.05, 4.69) is 15.8 Å². The maximum atomic E-state index is 13.2. The monoisotopic (exact) mass is 510 g/mol. The summed E-state index contributed by atoms with van der Waals surface area (Å²) in [7, 11) is 0. The summed E-state index contributed by atoms with van der Waals surface area (Å²) in [4.78, 5) is 20.0. The van der Waals surface area contributed by atoms with E-state index in [4.69, 9.17) is 28.7 Å². The van der Waals surface area contributed by atoms with E-state index >= 15 is 0 Å². The van der Waals surface area contributed by atoms with E-state index in [1.165, 1.54) is 18.2 Å². The Bertz CT molecular complexity index is 1100. The molecule has 0 atom stereocenters. The average molecular weight is 511 g/mol. The minimum absolute atomic E-state index is 0.0830. The molecule has 2 aromatic carbocycles. The zero-order chi connectivity index (χ0) is 24.3. The van der Waals surface area contributed by atoms with E-state index in [0.717, 1.165) is 11.6 Å². The number of benzene rings is 2. The van der Waals surface area contributed by atoms with Gasteiger partial charge in [-0.2, -0.15) is 13.2 Å². The summed E-state index contributed by atoms with van der Waals surface area (Å²) in [5.74, 6) is -0.296. The van der Waals surface area contributed by atoms with Gasteiger partial charge in [-0.1, -0.05) is 41.0 Å². The van der Waals surface area contributed by atoms with Crippen molar-refractivity contribution >= 4 is 46.2 Å². The third-order valence-corrected chi connectivity index (χ3v) is 6.52. The number of oxime groups is 1. The fourth-order valence-corrected chi connectivity index (χ4v) is 4.37. The van der Waals surface area contributed by atoms with Crippen LogP contribution in [0, 0.1) is 0 Å². The number of anilines is 1. The van der Waals surface area contributed by atoms with Crippen molar-refractivity contribution in [2.24, 2.45) is 5.16 Å². The Morgan fingerprint density at radius 1 is 1.15 bits per heavy atom. The van der Waals surface area contributed by atoms with Crippen LogP contribution < -0.4 is 10.6 Å². The molecule has 1 spiro atoms. The molecule has 1 amide bonds. The van der Waals surface area contributed by atoms with Gasteiger partial charge < -0.3 is 20.4 Å². The summed E-state index contributed by atoms with van der Waals surface area (Å²) in [6, 6.07) is 12.4. The van der Waals surface area contributed by atoms with Crippen LogP contribution in [0.3, 0.4) is 0 Å². The third-order valence-electron chi connectivity index (χ3n) is 5.90. The number of para-hydroxylation sites is 1. The lowest BCUT2D eigenvalue weighted by Gasteiger charge is -2.38. The highest BCUT2D eigenvalue weighted by Crippen LogP contribution is 2.36. The molecule has 34 heavy (non-hydrogen) atoms. The van der Waals surface area contributed by atoms with E-state index in [1.54, 1.807) is 17.0 Å². The molecule has 0 saturated carbocycles. The predicted octanol–water partition coefficient (Wildman–Crippen LogP) is 4.98. The molecule has 0 bridgehead atoms.